The van der Waals surface area contributed by atoms with Crippen LogP contribution in [0, 0.1) is 11.3 Å². The van der Waals surface area contributed by atoms with E-state index in [1.807, 2.05) is 12.1 Å². The minimum Gasteiger partial charge on any atom is -0.392 e. The Kier molecular flexibility index (Phi) is 2.17. The molecule has 0 amide bonds. The number of hydrogen-bond donors (Lipinski definition) is 2. The van der Waals surface area contributed by atoms with E-state index in [1.165, 1.54) is 0 Å². The highest BCUT2D eigenvalue weighted by Gasteiger charge is 2.05. The van der Waals surface area contributed by atoms with E-state index in [2.05, 4.69) is 16.0 Å². The number of fused-ring (bicyclic) bond motifs is 1. The van der Waals surface area contributed by atoms with Crippen molar-refractivity contribution in [1.82, 2.24) is 9.97 Å². The van der Waals surface area contributed by atoms with Crippen LogP contribution in [0.25, 0.3) is 11.0 Å². The Labute approximate surface area is 80.8 Å². The van der Waals surface area contributed by atoms with Crippen molar-refractivity contribution in [2.45, 2.75) is 13.0 Å². The molecule has 0 bridgehead atoms. The van der Waals surface area contributed by atoms with E-state index in [9.17, 15) is 0 Å². The molecule has 2 aromatic rings. The quantitative estimate of drug-likeness (QED) is 0.739. The lowest BCUT2D eigenvalue weighted by molar-refractivity contribution is 0.282. The lowest BCUT2D eigenvalue weighted by atomic mass is 10.1. The molecule has 0 saturated carbocycles. The van der Waals surface area contributed by atoms with Gasteiger partial charge in [0.25, 0.3) is 0 Å². The molecule has 70 valence electrons. The summed E-state index contributed by atoms with van der Waals surface area (Å²) < 4.78 is 0. The maximum absolute atomic E-state index is 9.01. The van der Waals surface area contributed by atoms with Crippen molar-refractivity contribution in [3.8, 4) is 6.07 Å². The monoisotopic (exact) mass is 187 g/mol. The molecule has 0 spiro atoms. The van der Waals surface area contributed by atoms with E-state index in [-0.39, 0.29) is 6.61 Å². The molecule has 2 rings (SSSR count). The van der Waals surface area contributed by atoms with Gasteiger partial charge in [-0.3, -0.25) is 0 Å². The van der Waals surface area contributed by atoms with Crippen LogP contribution in [-0.2, 0) is 13.0 Å². The van der Waals surface area contributed by atoms with Gasteiger partial charge in [0.2, 0.25) is 0 Å². The zero-order chi connectivity index (χ0) is 9.97. The van der Waals surface area contributed by atoms with Crippen molar-refractivity contribution in [3.63, 3.8) is 0 Å². The molecular weight excluding hydrogens is 178 g/mol. The van der Waals surface area contributed by atoms with Crippen LogP contribution in [0.15, 0.2) is 18.5 Å². The summed E-state index contributed by atoms with van der Waals surface area (Å²) in [7, 11) is 0. The van der Waals surface area contributed by atoms with Crippen LogP contribution >= 0.6 is 0 Å². The Morgan fingerprint density at radius 1 is 1.50 bits per heavy atom. The summed E-state index contributed by atoms with van der Waals surface area (Å²) in [5.41, 5.74) is 3.33. The molecule has 14 heavy (non-hydrogen) atoms. The van der Waals surface area contributed by atoms with Crippen molar-refractivity contribution >= 4 is 11.0 Å². The number of aromatic amines is 1. The molecule has 4 nitrogen and oxygen atoms in total. The summed E-state index contributed by atoms with van der Waals surface area (Å²) in [5, 5.41) is 17.6. The van der Waals surface area contributed by atoms with E-state index in [4.69, 9.17) is 10.4 Å². The first-order valence-electron chi connectivity index (χ1n) is 4.28. The normalized spacial score (nSPS) is 10.3. The fraction of sp³-hybridized carbons (Fsp3) is 0.200. The summed E-state index contributed by atoms with van der Waals surface area (Å²) in [6.45, 7) is -0.0204. The lowest BCUT2D eigenvalue weighted by Crippen LogP contribution is -1.90. The third-order valence-corrected chi connectivity index (χ3v) is 2.11. The van der Waals surface area contributed by atoms with Gasteiger partial charge in [-0.2, -0.15) is 5.26 Å². The molecule has 1 aromatic heterocycles. The molecule has 0 aliphatic carbocycles. The third kappa shape index (κ3) is 1.34. The largest absolute Gasteiger partial charge is 0.392 e. The van der Waals surface area contributed by atoms with Crippen LogP contribution in [0.4, 0.5) is 0 Å². The Hall–Kier alpha value is -1.86. The summed E-state index contributed by atoms with van der Waals surface area (Å²) in [6, 6.07) is 5.73. The smallest absolute Gasteiger partial charge is 0.0932 e. The van der Waals surface area contributed by atoms with Crippen LogP contribution in [0.2, 0.25) is 0 Å². The number of hydrogen-bond acceptors (Lipinski definition) is 3. The predicted molar refractivity (Wildman–Crippen MR) is 51.3 cm³/mol. The van der Waals surface area contributed by atoms with Gasteiger partial charge in [0.15, 0.2) is 0 Å². The van der Waals surface area contributed by atoms with Gasteiger partial charge < -0.3 is 10.1 Å². The number of aromatic nitrogens is 2. The first kappa shape index (κ1) is 8.73. The number of nitrogens with zero attached hydrogens (tertiary/aromatic N) is 2. The number of H-pyrrole nitrogens is 1. The maximum atomic E-state index is 9.01. The molecule has 4 heteroatoms. The molecule has 0 saturated heterocycles. The number of aliphatic hydroxyl groups excluding tert-OH is 1. The van der Waals surface area contributed by atoms with Crippen LogP contribution < -0.4 is 0 Å². The average Bonchev–Trinajstić information content (AvgIpc) is 2.66. The van der Waals surface area contributed by atoms with Crippen LogP contribution in [0.1, 0.15) is 11.1 Å². The second-order valence-electron chi connectivity index (χ2n) is 3.05. The summed E-state index contributed by atoms with van der Waals surface area (Å²) >= 11 is 0. The van der Waals surface area contributed by atoms with E-state index in [0.29, 0.717) is 6.42 Å². The van der Waals surface area contributed by atoms with Gasteiger partial charge in [-0.05, 0) is 17.2 Å². The topological polar surface area (TPSA) is 72.7 Å². The van der Waals surface area contributed by atoms with E-state index in [1.54, 1.807) is 6.33 Å². The Morgan fingerprint density at radius 3 is 3.07 bits per heavy atom. The van der Waals surface area contributed by atoms with Gasteiger partial charge in [0, 0.05) is 0 Å². The minimum absolute atomic E-state index is 0.0204. The lowest BCUT2D eigenvalue weighted by Gasteiger charge is -2.00. The number of nitriles is 1. The number of rotatable bonds is 2. The predicted octanol–water partition coefficient (Wildman–Crippen LogP) is 1.12. The standard InChI is InChI=1S/C10H9N3O/c11-2-1-8-3-7(5-14)4-9-10(8)13-6-12-9/h3-4,6,14H,1,5H2,(H,12,13). The molecule has 2 N–H and O–H groups in total. The summed E-state index contributed by atoms with van der Waals surface area (Å²) in [6.07, 6.45) is 1.90. The number of aliphatic hydroxyl groups is 1. The zero-order valence-electron chi connectivity index (χ0n) is 7.49. The molecule has 1 heterocycles. The van der Waals surface area contributed by atoms with Crippen molar-refractivity contribution < 1.29 is 5.11 Å². The molecule has 0 unspecified atom stereocenters. The highest BCUT2D eigenvalue weighted by molar-refractivity contribution is 5.79. The highest BCUT2D eigenvalue weighted by atomic mass is 16.3. The summed E-state index contributed by atoms with van der Waals surface area (Å²) in [4.78, 5) is 7.09. The first-order valence-corrected chi connectivity index (χ1v) is 4.28. The van der Waals surface area contributed by atoms with Crippen molar-refractivity contribution in [1.29, 1.82) is 5.26 Å². The van der Waals surface area contributed by atoms with Gasteiger partial charge in [-0.25, -0.2) is 4.98 Å². The van der Waals surface area contributed by atoms with Crippen molar-refractivity contribution in [2.75, 3.05) is 0 Å². The number of benzene rings is 1. The Bertz CT molecular complexity index is 496. The van der Waals surface area contributed by atoms with Gasteiger partial charge >= 0.3 is 0 Å². The molecular formula is C10H9N3O. The molecule has 0 fully saturated rings. The van der Waals surface area contributed by atoms with Gasteiger partial charge in [0.05, 0.1) is 36.5 Å². The Balaban J connectivity index is 2.65. The van der Waals surface area contributed by atoms with E-state index in [0.717, 1.165) is 22.2 Å². The molecule has 0 radical (unpaired) electrons. The van der Waals surface area contributed by atoms with Crippen LogP contribution in [-0.4, -0.2) is 15.1 Å². The van der Waals surface area contributed by atoms with Gasteiger partial charge in [0.1, 0.15) is 0 Å². The number of nitrogens with one attached hydrogen (secondary N) is 1. The zero-order valence-corrected chi connectivity index (χ0v) is 7.49. The number of imidazole rings is 1. The highest BCUT2D eigenvalue weighted by Crippen LogP contribution is 2.18. The second kappa shape index (κ2) is 3.48. The molecule has 0 atom stereocenters. The molecule has 0 aliphatic heterocycles. The van der Waals surface area contributed by atoms with E-state index >= 15 is 0 Å². The first-order chi connectivity index (χ1) is 6.85. The van der Waals surface area contributed by atoms with E-state index < -0.39 is 0 Å². The SMILES string of the molecule is N#CCc1cc(CO)cc2[nH]cnc12. The van der Waals surface area contributed by atoms with Crippen LogP contribution in [0.5, 0.6) is 0 Å². The Morgan fingerprint density at radius 2 is 2.36 bits per heavy atom. The molecule has 1 aromatic carbocycles. The fourth-order valence-electron chi connectivity index (χ4n) is 1.50. The second-order valence-corrected chi connectivity index (χ2v) is 3.05. The average molecular weight is 187 g/mol. The molecule has 0 aliphatic rings. The maximum Gasteiger partial charge on any atom is 0.0932 e. The van der Waals surface area contributed by atoms with Crippen LogP contribution in [0.3, 0.4) is 0 Å². The summed E-state index contributed by atoms with van der Waals surface area (Å²) in [5.74, 6) is 0. The fourth-order valence-corrected chi connectivity index (χ4v) is 1.50. The van der Waals surface area contributed by atoms with Gasteiger partial charge in [-0.1, -0.05) is 6.07 Å². The third-order valence-electron chi connectivity index (χ3n) is 2.11. The minimum atomic E-state index is -0.0204. The van der Waals surface area contributed by atoms with Crippen molar-refractivity contribution in [3.05, 3.63) is 29.6 Å². The van der Waals surface area contributed by atoms with Gasteiger partial charge in [-0.15, -0.1) is 0 Å². The van der Waals surface area contributed by atoms with Crippen molar-refractivity contribution in [2.24, 2.45) is 0 Å².